The van der Waals surface area contributed by atoms with Gasteiger partial charge in [0.2, 0.25) is 15.9 Å². The molecular formula is C12H15BrCl2N2O3S. The van der Waals surface area contributed by atoms with Crippen LogP contribution in [0.2, 0.25) is 10.0 Å². The maximum atomic E-state index is 12.3. The van der Waals surface area contributed by atoms with Crippen molar-refractivity contribution in [3.05, 3.63) is 26.7 Å². The number of sulfonamides is 1. The van der Waals surface area contributed by atoms with Crippen molar-refractivity contribution in [3.8, 4) is 0 Å². The highest BCUT2D eigenvalue weighted by Gasteiger charge is 2.27. The minimum Gasteiger partial charge on any atom is -0.353 e. The van der Waals surface area contributed by atoms with Crippen molar-refractivity contribution in [1.29, 1.82) is 0 Å². The van der Waals surface area contributed by atoms with Gasteiger partial charge in [-0.1, -0.05) is 39.1 Å². The Hall–Kier alpha value is -0.340. The lowest BCUT2D eigenvalue weighted by Crippen LogP contribution is -2.46. The van der Waals surface area contributed by atoms with Crippen molar-refractivity contribution < 1.29 is 13.2 Å². The first-order valence-electron chi connectivity index (χ1n) is 6.02. The Morgan fingerprint density at radius 3 is 2.10 bits per heavy atom. The molecule has 0 aliphatic carbocycles. The van der Waals surface area contributed by atoms with Gasteiger partial charge in [-0.25, -0.2) is 8.42 Å². The van der Waals surface area contributed by atoms with Gasteiger partial charge in [0.15, 0.2) is 0 Å². The van der Waals surface area contributed by atoms with Crippen LogP contribution in [0.5, 0.6) is 0 Å². The van der Waals surface area contributed by atoms with Gasteiger partial charge in [0.1, 0.15) is 4.90 Å². The van der Waals surface area contributed by atoms with Gasteiger partial charge in [0.05, 0.1) is 16.1 Å². The van der Waals surface area contributed by atoms with Crippen LogP contribution < -0.4 is 10.0 Å². The Balaban J connectivity index is 3.05. The molecule has 0 saturated heterocycles. The predicted molar refractivity (Wildman–Crippen MR) is 87.2 cm³/mol. The quantitative estimate of drug-likeness (QED) is 0.773. The van der Waals surface area contributed by atoms with Crippen LogP contribution in [0.4, 0.5) is 0 Å². The van der Waals surface area contributed by atoms with Gasteiger partial charge in [-0.15, -0.1) is 0 Å². The van der Waals surface area contributed by atoms with Gasteiger partial charge in [-0.2, -0.15) is 4.72 Å². The van der Waals surface area contributed by atoms with E-state index in [0.29, 0.717) is 4.47 Å². The third-order valence-corrected chi connectivity index (χ3v) is 5.31. The number of hydrogen-bond donors (Lipinski definition) is 2. The Labute approximate surface area is 142 Å². The van der Waals surface area contributed by atoms with Crippen molar-refractivity contribution in [2.45, 2.75) is 37.8 Å². The van der Waals surface area contributed by atoms with E-state index in [1.807, 2.05) is 0 Å². The molecule has 118 valence electrons. The minimum absolute atomic E-state index is 0.0293. The number of hydrogen-bond acceptors (Lipinski definition) is 3. The van der Waals surface area contributed by atoms with E-state index in [9.17, 15) is 13.2 Å². The van der Waals surface area contributed by atoms with Crippen LogP contribution in [0.3, 0.4) is 0 Å². The molecule has 0 fully saturated rings. The van der Waals surface area contributed by atoms with E-state index >= 15 is 0 Å². The fourth-order valence-corrected chi connectivity index (χ4v) is 4.68. The highest BCUT2D eigenvalue weighted by atomic mass is 79.9. The summed E-state index contributed by atoms with van der Waals surface area (Å²) in [5.41, 5.74) is 0. The topological polar surface area (TPSA) is 75.3 Å². The first-order valence-corrected chi connectivity index (χ1v) is 9.05. The number of nitrogens with one attached hydrogen (secondary N) is 2. The summed E-state index contributed by atoms with van der Waals surface area (Å²) in [7, 11) is -4.01. The van der Waals surface area contributed by atoms with Crippen LogP contribution in [0.1, 0.15) is 20.8 Å². The van der Waals surface area contributed by atoms with E-state index < -0.39 is 22.0 Å². The largest absolute Gasteiger partial charge is 0.353 e. The van der Waals surface area contributed by atoms with Crippen LogP contribution >= 0.6 is 39.1 Å². The molecule has 21 heavy (non-hydrogen) atoms. The maximum Gasteiger partial charge on any atom is 0.244 e. The van der Waals surface area contributed by atoms with E-state index in [-0.39, 0.29) is 21.0 Å². The second kappa shape index (κ2) is 7.28. The molecular weight excluding hydrogens is 403 g/mol. The van der Waals surface area contributed by atoms with Crippen LogP contribution in [-0.2, 0) is 14.8 Å². The SMILES string of the molecule is CC(C)NC(=O)C(C)NS(=O)(=O)c1c(Cl)cc(Br)cc1Cl. The smallest absolute Gasteiger partial charge is 0.244 e. The number of rotatable bonds is 5. The molecule has 1 atom stereocenters. The number of benzene rings is 1. The zero-order valence-electron chi connectivity index (χ0n) is 11.6. The average molecular weight is 418 g/mol. The fourth-order valence-electron chi connectivity index (χ4n) is 1.54. The molecule has 1 aromatic carbocycles. The van der Waals surface area contributed by atoms with Gasteiger partial charge in [0.25, 0.3) is 0 Å². The molecule has 1 rings (SSSR count). The Morgan fingerprint density at radius 1 is 1.19 bits per heavy atom. The summed E-state index contributed by atoms with van der Waals surface area (Å²) >= 11 is 15.0. The maximum absolute atomic E-state index is 12.3. The second-order valence-electron chi connectivity index (χ2n) is 4.70. The average Bonchev–Trinajstić information content (AvgIpc) is 2.24. The summed E-state index contributed by atoms with van der Waals surface area (Å²) in [6.07, 6.45) is 0. The molecule has 5 nitrogen and oxygen atoms in total. The summed E-state index contributed by atoms with van der Waals surface area (Å²) in [4.78, 5) is 11.5. The summed E-state index contributed by atoms with van der Waals surface area (Å²) < 4.78 is 27.4. The Bertz CT molecular complexity index is 627. The zero-order chi connectivity index (χ0) is 16.4. The van der Waals surface area contributed by atoms with Crippen molar-refractivity contribution in [2.75, 3.05) is 0 Å². The molecule has 0 aromatic heterocycles. The lowest BCUT2D eigenvalue weighted by Gasteiger charge is -2.17. The van der Waals surface area contributed by atoms with E-state index in [1.165, 1.54) is 19.1 Å². The molecule has 0 saturated carbocycles. The molecule has 0 aliphatic rings. The van der Waals surface area contributed by atoms with Gasteiger partial charge in [-0.05, 0) is 32.9 Å². The first-order chi connectivity index (χ1) is 9.54. The third kappa shape index (κ3) is 5.10. The molecule has 1 aromatic rings. The molecule has 2 N–H and O–H groups in total. The van der Waals surface area contributed by atoms with Gasteiger partial charge >= 0.3 is 0 Å². The summed E-state index contributed by atoms with van der Waals surface area (Å²) in [5.74, 6) is -0.432. The van der Waals surface area contributed by atoms with Gasteiger partial charge in [-0.3, -0.25) is 4.79 Å². The molecule has 9 heteroatoms. The standard InChI is InChI=1S/C12H15BrCl2N2O3S/c1-6(2)16-12(18)7(3)17-21(19,20)11-9(14)4-8(13)5-10(11)15/h4-7,17H,1-3H3,(H,16,18). The summed E-state index contributed by atoms with van der Waals surface area (Å²) in [6, 6.07) is 1.79. The molecule has 0 radical (unpaired) electrons. The fraction of sp³-hybridized carbons (Fsp3) is 0.417. The molecule has 1 unspecified atom stereocenters. The minimum atomic E-state index is -4.01. The predicted octanol–water partition coefficient (Wildman–Crippen LogP) is 2.95. The highest BCUT2D eigenvalue weighted by molar-refractivity contribution is 9.10. The monoisotopic (exact) mass is 416 g/mol. The third-order valence-electron chi connectivity index (χ3n) is 2.39. The summed E-state index contributed by atoms with van der Waals surface area (Å²) in [5, 5.41) is 2.56. The van der Waals surface area contributed by atoms with Gasteiger partial charge in [0, 0.05) is 10.5 Å². The first kappa shape index (κ1) is 18.7. The lowest BCUT2D eigenvalue weighted by molar-refractivity contribution is -0.122. The number of amides is 1. The molecule has 1 amide bonds. The highest BCUT2D eigenvalue weighted by Crippen LogP contribution is 2.32. The zero-order valence-corrected chi connectivity index (χ0v) is 15.5. The Morgan fingerprint density at radius 2 is 1.67 bits per heavy atom. The van der Waals surface area contributed by atoms with Crippen LogP contribution in [0, 0.1) is 0 Å². The van der Waals surface area contributed by atoms with E-state index in [1.54, 1.807) is 13.8 Å². The normalized spacial score (nSPS) is 13.3. The molecule has 0 bridgehead atoms. The number of halogens is 3. The van der Waals surface area contributed by atoms with Crippen molar-refractivity contribution in [1.82, 2.24) is 10.0 Å². The van der Waals surface area contributed by atoms with E-state index in [0.717, 1.165) is 0 Å². The molecule has 0 heterocycles. The molecule has 0 aliphatic heterocycles. The summed E-state index contributed by atoms with van der Waals surface area (Å²) in [6.45, 7) is 5.00. The van der Waals surface area contributed by atoms with Crippen LogP contribution in [0.25, 0.3) is 0 Å². The van der Waals surface area contributed by atoms with Crippen molar-refractivity contribution in [2.24, 2.45) is 0 Å². The number of carbonyl (C=O) groups is 1. The number of carbonyl (C=O) groups excluding carboxylic acids is 1. The van der Waals surface area contributed by atoms with Gasteiger partial charge < -0.3 is 5.32 Å². The van der Waals surface area contributed by atoms with Crippen molar-refractivity contribution in [3.63, 3.8) is 0 Å². The van der Waals surface area contributed by atoms with Crippen LogP contribution in [-0.4, -0.2) is 26.4 Å². The van der Waals surface area contributed by atoms with E-state index in [4.69, 9.17) is 23.2 Å². The second-order valence-corrected chi connectivity index (χ2v) is 8.09. The molecule has 0 spiro atoms. The van der Waals surface area contributed by atoms with Crippen molar-refractivity contribution >= 4 is 55.1 Å². The lowest BCUT2D eigenvalue weighted by atomic mass is 10.3. The van der Waals surface area contributed by atoms with Crippen LogP contribution in [0.15, 0.2) is 21.5 Å². The Kier molecular flexibility index (Phi) is 6.49. The van der Waals surface area contributed by atoms with E-state index in [2.05, 4.69) is 26.0 Å².